The van der Waals surface area contributed by atoms with Crippen LogP contribution in [0.2, 0.25) is 0 Å². The van der Waals surface area contributed by atoms with Gasteiger partial charge in [0, 0.05) is 30.7 Å². The molecule has 0 saturated carbocycles. The molecule has 0 saturated heterocycles. The van der Waals surface area contributed by atoms with Crippen LogP contribution in [0, 0.1) is 0 Å². The first kappa shape index (κ1) is 10.8. The number of pyridine rings is 1. The van der Waals surface area contributed by atoms with E-state index in [0.29, 0.717) is 6.54 Å². The van der Waals surface area contributed by atoms with Crippen LogP contribution < -0.4 is 5.73 Å². The Labute approximate surface area is 95.1 Å². The Morgan fingerprint density at radius 2 is 2.06 bits per heavy atom. The lowest BCUT2D eigenvalue weighted by Gasteiger charge is -1.99. The van der Waals surface area contributed by atoms with Crippen molar-refractivity contribution in [1.82, 2.24) is 14.8 Å². The maximum absolute atomic E-state index is 5.61. The highest BCUT2D eigenvalue weighted by Crippen LogP contribution is 2.21. The van der Waals surface area contributed by atoms with Gasteiger partial charge >= 0.3 is 0 Å². The summed E-state index contributed by atoms with van der Waals surface area (Å²) in [4.78, 5) is 4.01. The number of aromatic nitrogens is 3. The number of rotatable bonds is 4. The highest BCUT2D eigenvalue weighted by Gasteiger charge is 2.09. The summed E-state index contributed by atoms with van der Waals surface area (Å²) in [5.74, 6) is 0. The highest BCUT2D eigenvalue weighted by molar-refractivity contribution is 5.62. The van der Waals surface area contributed by atoms with E-state index in [1.807, 2.05) is 16.8 Å². The van der Waals surface area contributed by atoms with Crippen molar-refractivity contribution in [3.05, 3.63) is 36.3 Å². The second kappa shape index (κ2) is 4.90. The van der Waals surface area contributed by atoms with Gasteiger partial charge in [0.1, 0.15) is 0 Å². The Hall–Kier alpha value is -1.68. The third kappa shape index (κ3) is 2.12. The van der Waals surface area contributed by atoms with Gasteiger partial charge in [0.2, 0.25) is 0 Å². The van der Waals surface area contributed by atoms with Crippen molar-refractivity contribution >= 4 is 0 Å². The molecule has 0 bridgehead atoms. The molecule has 0 amide bonds. The molecular formula is C12H16N4. The summed E-state index contributed by atoms with van der Waals surface area (Å²) < 4.78 is 1.95. The molecule has 84 valence electrons. The van der Waals surface area contributed by atoms with Crippen LogP contribution >= 0.6 is 0 Å². The predicted molar refractivity (Wildman–Crippen MR) is 63.9 cm³/mol. The van der Waals surface area contributed by atoms with Gasteiger partial charge in [0.25, 0.3) is 0 Å². The smallest absolute Gasteiger partial charge is 0.0956 e. The van der Waals surface area contributed by atoms with Gasteiger partial charge in [0.05, 0.1) is 5.69 Å². The standard InChI is InChI=1S/C12H16N4/c1-2-16-9-11(3-6-13)12(15-16)10-4-7-14-8-5-10/h4-5,7-9H,2-3,6,13H2,1H3. The minimum atomic E-state index is 0.646. The molecule has 2 rings (SSSR count). The van der Waals surface area contributed by atoms with Crippen LogP contribution in [0.4, 0.5) is 0 Å². The van der Waals surface area contributed by atoms with Crippen molar-refractivity contribution in [2.75, 3.05) is 6.54 Å². The van der Waals surface area contributed by atoms with Crippen LogP contribution in [-0.2, 0) is 13.0 Å². The van der Waals surface area contributed by atoms with Gasteiger partial charge in [-0.25, -0.2) is 0 Å². The van der Waals surface area contributed by atoms with E-state index in [-0.39, 0.29) is 0 Å². The monoisotopic (exact) mass is 216 g/mol. The van der Waals surface area contributed by atoms with Gasteiger partial charge in [-0.2, -0.15) is 5.10 Å². The Balaban J connectivity index is 2.42. The minimum Gasteiger partial charge on any atom is -0.330 e. The van der Waals surface area contributed by atoms with Crippen LogP contribution in [0.3, 0.4) is 0 Å². The second-order valence-corrected chi connectivity index (χ2v) is 3.63. The molecule has 4 heteroatoms. The minimum absolute atomic E-state index is 0.646. The first-order valence-electron chi connectivity index (χ1n) is 5.52. The first-order valence-corrected chi connectivity index (χ1v) is 5.52. The van der Waals surface area contributed by atoms with E-state index in [1.54, 1.807) is 12.4 Å². The van der Waals surface area contributed by atoms with Crippen LogP contribution in [0.5, 0.6) is 0 Å². The molecule has 16 heavy (non-hydrogen) atoms. The molecule has 0 unspecified atom stereocenters. The van der Waals surface area contributed by atoms with E-state index in [0.717, 1.165) is 24.2 Å². The van der Waals surface area contributed by atoms with Gasteiger partial charge in [0.15, 0.2) is 0 Å². The Morgan fingerprint density at radius 3 is 2.69 bits per heavy atom. The Kier molecular flexibility index (Phi) is 3.31. The highest BCUT2D eigenvalue weighted by atomic mass is 15.3. The van der Waals surface area contributed by atoms with Crippen molar-refractivity contribution in [1.29, 1.82) is 0 Å². The summed E-state index contributed by atoms with van der Waals surface area (Å²) in [5.41, 5.74) is 8.94. The van der Waals surface area contributed by atoms with E-state index in [1.165, 1.54) is 5.56 Å². The molecule has 0 fully saturated rings. The third-order valence-corrected chi connectivity index (χ3v) is 2.53. The maximum Gasteiger partial charge on any atom is 0.0956 e. The fourth-order valence-corrected chi connectivity index (χ4v) is 1.72. The zero-order valence-corrected chi connectivity index (χ0v) is 9.43. The van der Waals surface area contributed by atoms with Crippen molar-refractivity contribution in [3.8, 4) is 11.3 Å². The summed E-state index contributed by atoms with van der Waals surface area (Å²) in [7, 11) is 0. The van der Waals surface area contributed by atoms with E-state index in [2.05, 4.69) is 23.2 Å². The summed E-state index contributed by atoms with van der Waals surface area (Å²) in [6.07, 6.45) is 6.50. The molecule has 0 atom stereocenters. The normalized spacial score (nSPS) is 10.6. The zero-order valence-electron chi connectivity index (χ0n) is 9.43. The fourth-order valence-electron chi connectivity index (χ4n) is 1.72. The molecule has 2 heterocycles. The maximum atomic E-state index is 5.61. The average Bonchev–Trinajstić information content (AvgIpc) is 2.74. The second-order valence-electron chi connectivity index (χ2n) is 3.63. The van der Waals surface area contributed by atoms with Gasteiger partial charge in [-0.1, -0.05) is 0 Å². The lowest BCUT2D eigenvalue weighted by atomic mass is 10.1. The summed E-state index contributed by atoms with van der Waals surface area (Å²) in [5, 5.41) is 4.55. The largest absolute Gasteiger partial charge is 0.330 e. The molecule has 0 aromatic carbocycles. The number of aryl methyl sites for hydroxylation is 1. The SMILES string of the molecule is CCn1cc(CCN)c(-c2ccncc2)n1. The molecule has 2 aromatic heterocycles. The topological polar surface area (TPSA) is 56.7 Å². The van der Waals surface area contributed by atoms with Gasteiger partial charge in [-0.3, -0.25) is 9.67 Å². The lowest BCUT2D eigenvalue weighted by Crippen LogP contribution is -2.02. The summed E-state index contributed by atoms with van der Waals surface area (Å²) >= 11 is 0. The van der Waals surface area contributed by atoms with Crippen molar-refractivity contribution in [2.45, 2.75) is 19.9 Å². The van der Waals surface area contributed by atoms with Gasteiger partial charge < -0.3 is 5.73 Å². The number of nitrogens with two attached hydrogens (primary N) is 1. The van der Waals surface area contributed by atoms with Crippen molar-refractivity contribution in [3.63, 3.8) is 0 Å². The molecule has 4 nitrogen and oxygen atoms in total. The average molecular weight is 216 g/mol. The number of hydrogen-bond donors (Lipinski definition) is 1. The van der Waals surface area contributed by atoms with E-state index in [4.69, 9.17) is 5.73 Å². The number of nitrogens with zero attached hydrogens (tertiary/aromatic N) is 3. The molecule has 0 aliphatic carbocycles. The molecule has 0 aliphatic rings. The van der Waals surface area contributed by atoms with E-state index >= 15 is 0 Å². The third-order valence-electron chi connectivity index (χ3n) is 2.53. The molecule has 0 aliphatic heterocycles. The Morgan fingerprint density at radius 1 is 1.31 bits per heavy atom. The fraction of sp³-hybridized carbons (Fsp3) is 0.333. The van der Waals surface area contributed by atoms with Gasteiger partial charge in [-0.05, 0) is 37.6 Å². The van der Waals surface area contributed by atoms with Crippen LogP contribution in [0.1, 0.15) is 12.5 Å². The first-order chi connectivity index (χ1) is 7.85. The van der Waals surface area contributed by atoms with Crippen LogP contribution in [0.15, 0.2) is 30.7 Å². The van der Waals surface area contributed by atoms with Crippen LogP contribution in [-0.4, -0.2) is 21.3 Å². The summed E-state index contributed by atoms with van der Waals surface area (Å²) in [6.45, 7) is 3.60. The molecule has 0 radical (unpaired) electrons. The van der Waals surface area contributed by atoms with Crippen molar-refractivity contribution in [2.24, 2.45) is 5.73 Å². The molecular weight excluding hydrogens is 200 g/mol. The Bertz CT molecular complexity index is 447. The van der Waals surface area contributed by atoms with Crippen LogP contribution in [0.25, 0.3) is 11.3 Å². The predicted octanol–water partition coefficient (Wildman–Crippen LogP) is 1.47. The number of hydrogen-bond acceptors (Lipinski definition) is 3. The quantitative estimate of drug-likeness (QED) is 0.842. The molecule has 0 spiro atoms. The lowest BCUT2D eigenvalue weighted by molar-refractivity contribution is 0.661. The zero-order chi connectivity index (χ0) is 11.4. The van der Waals surface area contributed by atoms with Gasteiger partial charge in [-0.15, -0.1) is 0 Å². The van der Waals surface area contributed by atoms with E-state index in [9.17, 15) is 0 Å². The van der Waals surface area contributed by atoms with Crippen molar-refractivity contribution < 1.29 is 0 Å². The molecule has 2 aromatic rings. The summed E-state index contributed by atoms with van der Waals surface area (Å²) in [6, 6.07) is 3.95. The van der Waals surface area contributed by atoms with E-state index < -0.39 is 0 Å². The molecule has 2 N–H and O–H groups in total.